The maximum atomic E-state index is 12.3. The molecule has 0 bridgehead atoms. The van der Waals surface area contributed by atoms with Crippen molar-refractivity contribution in [3.63, 3.8) is 0 Å². The molecule has 128 valence electrons. The van der Waals surface area contributed by atoms with Crippen LogP contribution in [0.3, 0.4) is 0 Å². The fourth-order valence-corrected chi connectivity index (χ4v) is 3.37. The van der Waals surface area contributed by atoms with Gasteiger partial charge >= 0.3 is 6.03 Å². The Labute approximate surface area is 142 Å². The summed E-state index contributed by atoms with van der Waals surface area (Å²) in [5, 5.41) is 22.3. The zero-order valence-corrected chi connectivity index (χ0v) is 14.4. The molecule has 1 aliphatic heterocycles. The van der Waals surface area contributed by atoms with Crippen LogP contribution in [0.25, 0.3) is 0 Å². The SMILES string of the molecule is CCCSc1ccc(NC(=O)N2CCCC(O)(CO)CC2)cc1. The molecular weight excluding hydrogens is 312 g/mol. The molecule has 1 fully saturated rings. The molecule has 2 amide bonds. The first-order chi connectivity index (χ1) is 11.1. The molecule has 2 rings (SSSR count). The van der Waals surface area contributed by atoms with E-state index < -0.39 is 5.60 Å². The largest absolute Gasteiger partial charge is 0.393 e. The smallest absolute Gasteiger partial charge is 0.321 e. The maximum Gasteiger partial charge on any atom is 0.321 e. The Bertz CT molecular complexity index is 509. The lowest BCUT2D eigenvalue weighted by Gasteiger charge is -2.24. The van der Waals surface area contributed by atoms with E-state index in [-0.39, 0.29) is 12.6 Å². The van der Waals surface area contributed by atoms with E-state index in [0.29, 0.717) is 32.4 Å². The van der Waals surface area contributed by atoms with E-state index in [1.54, 1.807) is 16.7 Å². The molecule has 0 radical (unpaired) electrons. The van der Waals surface area contributed by atoms with Gasteiger partial charge in [-0.3, -0.25) is 0 Å². The van der Waals surface area contributed by atoms with Crippen molar-refractivity contribution < 1.29 is 15.0 Å². The first-order valence-electron chi connectivity index (χ1n) is 8.18. The van der Waals surface area contributed by atoms with E-state index in [4.69, 9.17) is 0 Å². The number of amides is 2. The molecule has 1 aliphatic rings. The topological polar surface area (TPSA) is 72.8 Å². The van der Waals surface area contributed by atoms with E-state index >= 15 is 0 Å². The van der Waals surface area contributed by atoms with Crippen LogP contribution in [0, 0.1) is 0 Å². The van der Waals surface area contributed by atoms with Crippen LogP contribution in [0.4, 0.5) is 10.5 Å². The predicted molar refractivity (Wildman–Crippen MR) is 93.9 cm³/mol. The zero-order chi connectivity index (χ0) is 16.7. The molecule has 1 heterocycles. The highest BCUT2D eigenvalue weighted by Gasteiger charge is 2.30. The van der Waals surface area contributed by atoms with E-state index in [2.05, 4.69) is 12.2 Å². The first kappa shape index (κ1) is 18.1. The number of carbonyl (C=O) groups excluding carboxylic acids is 1. The highest BCUT2D eigenvalue weighted by Crippen LogP contribution is 2.23. The summed E-state index contributed by atoms with van der Waals surface area (Å²) in [7, 11) is 0. The fourth-order valence-electron chi connectivity index (χ4n) is 2.60. The van der Waals surface area contributed by atoms with Gasteiger partial charge in [0.15, 0.2) is 0 Å². The van der Waals surface area contributed by atoms with Crippen molar-refractivity contribution in [2.24, 2.45) is 0 Å². The average Bonchev–Trinajstić information content (AvgIpc) is 2.77. The highest BCUT2D eigenvalue weighted by molar-refractivity contribution is 7.99. The average molecular weight is 338 g/mol. The Kier molecular flexibility index (Phi) is 6.74. The number of nitrogens with zero attached hydrogens (tertiary/aromatic N) is 1. The minimum atomic E-state index is -1.05. The second-order valence-corrected chi connectivity index (χ2v) is 7.19. The minimum Gasteiger partial charge on any atom is -0.393 e. The second-order valence-electron chi connectivity index (χ2n) is 6.03. The van der Waals surface area contributed by atoms with Crippen molar-refractivity contribution in [3.05, 3.63) is 24.3 Å². The van der Waals surface area contributed by atoms with Crippen LogP contribution in [0.15, 0.2) is 29.2 Å². The molecular formula is C17H26N2O3S. The van der Waals surface area contributed by atoms with Crippen LogP contribution in [0.5, 0.6) is 0 Å². The van der Waals surface area contributed by atoms with Crippen LogP contribution in [-0.4, -0.2) is 52.2 Å². The summed E-state index contributed by atoms with van der Waals surface area (Å²) in [6.45, 7) is 2.95. The Morgan fingerprint density at radius 2 is 2.04 bits per heavy atom. The number of hydrogen-bond acceptors (Lipinski definition) is 4. The number of benzene rings is 1. The van der Waals surface area contributed by atoms with Crippen LogP contribution >= 0.6 is 11.8 Å². The molecule has 1 unspecified atom stereocenters. The fraction of sp³-hybridized carbons (Fsp3) is 0.588. The lowest BCUT2D eigenvalue weighted by atomic mass is 9.96. The molecule has 0 aliphatic carbocycles. The molecule has 1 saturated heterocycles. The number of nitrogens with one attached hydrogen (secondary N) is 1. The number of rotatable bonds is 5. The number of urea groups is 1. The van der Waals surface area contributed by atoms with E-state index in [0.717, 1.165) is 17.9 Å². The molecule has 23 heavy (non-hydrogen) atoms. The number of hydrogen-bond donors (Lipinski definition) is 3. The summed E-state index contributed by atoms with van der Waals surface area (Å²) in [6, 6.07) is 7.71. The monoisotopic (exact) mass is 338 g/mol. The van der Waals surface area contributed by atoms with Crippen molar-refractivity contribution in [1.82, 2.24) is 4.90 Å². The molecule has 0 spiro atoms. The Morgan fingerprint density at radius 1 is 1.30 bits per heavy atom. The molecule has 1 aromatic rings. The Hall–Kier alpha value is -1.24. The van der Waals surface area contributed by atoms with E-state index in [9.17, 15) is 15.0 Å². The molecule has 1 aromatic carbocycles. The number of thioether (sulfide) groups is 1. The molecule has 1 atom stereocenters. The van der Waals surface area contributed by atoms with Gasteiger partial charge in [0.2, 0.25) is 0 Å². The van der Waals surface area contributed by atoms with Crippen LogP contribution in [0.2, 0.25) is 0 Å². The normalized spacial score (nSPS) is 21.8. The van der Waals surface area contributed by atoms with E-state index in [1.165, 1.54) is 4.90 Å². The number of aliphatic hydroxyl groups excluding tert-OH is 1. The molecule has 6 heteroatoms. The summed E-state index contributed by atoms with van der Waals surface area (Å²) < 4.78 is 0. The highest BCUT2D eigenvalue weighted by atomic mass is 32.2. The van der Waals surface area contributed by atoms with Crippen molar-refractivity contribution in [3.8, 4) is 0 Å². The molecule has 0 aromatic heterocycles. The van der Waals surface area contributed by atoms with Gasteiger partial charge in [0, 0.05) is 23.7 Å². The number of carbonyl (C=O) groups is 1. The quantitative estimate of drug-likeness (QED) is 0.722. The van der Waals surface area contributed by atoms with Gasteiger partial charge in [-0.05, 0) is 55.7 Å². The molecule has 0 saturated carbocycles. The van der Waals surface area contributed by atoms with Crippen LogP contribution in [0.1, 0.15) is 32.6 Å². The van der Waals surface area contributed by atoms with Crippen molar-refractivity contribution in [2.75, 3.05) is 30.8 Å². The van der Waals surface area contributed by atoms with Gasteiger partial charge in [0.1, 0.15) is 0 Å². The third-order valence-electron chi connectivity index (χ3n) is 4.08. The van der Waals surface area contributed by atoms with Crippen LogP contribution < -0.4 is 5.32 Å². The van der Waals surface area contributed by atoms with Crippen LogP contribution in [-0.2, 0) is 0 Å². The second kappa shape index (κ2) is 8.57. The van der Waals surface area contributed by atoms with Gasteiger partial charge in [-0.25, -0.2) is 4.79 Å². The molecule has 5 nitrogen and oxygen atoms in total. The molecule has 3 N–H and O–H groups in total. The number of likely N-dealkylation sites (tertiary alicyclic amines) is 1. The van der Waals surface area contributed by atoms with Gasteiger partial charge < -0.3 is 20.4 Å². The van der Waals surface area contributed by atoms with Crippen molar-refractivity contribution in [1.29, 1.82) is 0 Å². The first-order valence-corrected chi connectivity index (χ1v) is 9.17. The van der Waals surface area contributed by atoms with E-state index in [1.807, 2.05) is 24.3 Å². The van der Waals surface area contributed by atoms with Crippen molar-refractivity contribution in [2.45, 2.75) is 43.1 Å². The van der Waals surface area contributed by atoms with Gasteiger partial charge in [0.05, 0.1) is 12.2 Å². The Morgan fingerprint density at radius 3 is 2.70 bits per heavy atom. The number of anilines is 1. The lowest BCUT2D eigenvalue weighted by molar-refractivity contribution is -0.0247. The van der Waals surface area contributed by atoms with Gasteiger partial charge in [-0.15, -0.1) is 11.8 Å². The third kappa shape index (κ3) is 5.41. The summed E-state index contributed by atoms with van der Waals surface area (Å²) in [6.07, 6.45) is 2.76. The standard InChI is InChI=1S/C17H26N2O3S/c1-2-12-23-15-6-4-14(5-7-15)18-16(21)19-10-3-8-17(22,13-20)9-11-19/h4-7,20,22H,2-3,8-13H2,1H3,(H,18,21). The summed E-state index contributed by atoms with van der Waals surface area (Å²) in [5.41, 5.74) is -0.273. The van der Waals surface area contributed by atoms with Crippen molar-refractivity contribution >= 4 is 23.5 Å². The van der Waals surface area contributed by atoms with Gasteiger partial charge in [0.25, 0.3) is 0 Å². The number of aliphatic hydroxyl groups is 2. The lowest BCUT2D eigenvalue weighted by Crippen LogP contribution is -2.38. The summed E-state index contributed by atoms with van der Waals surface area (Å²) in [5.74, 6) is 1.09. The predicted octanol–water partition coefficient (Wildman–Crippen LogP) is 2.93. The Balaban J connectivity index is 1.88. The minimum absolute atomic E-state index is 0.152. The third-order valence-corrected chi connectivity index (χ3v) is 5.30. The summed E-state index contributed by atoms with van der Waals surface area (Å²) >= 11 is 1.81. The maximum absolute atomic E-state index is 12.3. The van der Waals surface area contributed by atoms with Gasteiger partial charge in [-0.1, -0.05) is 6.92 Å². The van der Waals surface area contributed by atoms with Gasteiger partial charge in [-0.2, -0.15) is 0 Å². The zero-order valence-electron chi connectivity index (χ0n) is 13.6. The summed E-state index contributed by atoms with van der Waals surface area (Å²) in [4.78, 5) is 15.2.